The van der Waals surface area contributed by atoms with Crippen molar-refractivity contribution in [2.75, 3.05) is 0 Å². The van der Waals surface area contributed by atoms with E-state index in [1.165, 1.54) is 17.4 Å². The van der Waals surface area contributed by atoms with Gasteiger partial charge in [-0.15, -0.1) is 24.5 Å². The lowest BCUT2D eigenvalue weighted by Crippen LogP contribution is -2.18. The number of aliphatic carboxylic acids is 1. The van der Waals surface area contributed by atoms with Crippen LogP contribution in [0.1, 0.15) is 41.6 Å². The summed E-state index contributed by atoms with van der Waals surface area (Å²) in [4.78, 5) is 23.2. The number of carbonyl (C=O) groups is 1. The zero-order valence-electron chi connectivity index (χ0n) is 20.3. The van der Waals surface area contributed by atoms with Gasteiger partial charge in [0.2, 0.25) is 5.69 Å². The van der Waals surface area contributed by atoms with Gasteiger partial charge in [0.25, 0.3) is 0 Å². The zero-order chi connectivity index (χ0) is 27.6. The van der Waals surface area contributed by atoms with E-state index in [0.717, 1.165) is 70.1 Å². The van der Waals surface area contributed by atoms with E-state index in [0.29, 0.717) is 11.3 Å². The number of nitrogens with zero attached hydrogens (tertiary/aromatic N) is 3. The molecule has 39 heavy (non-hydrogen) atoms. The molecule has 0 saturated heterocycles. The van der Waals surface area contributed by atoms with Crippen LogP contribution in [0, 0.1) is 12.5 Å². The molecule has 2 aromatic carbocycles. The van der Waals surface area contributed by atoms with Gasteiger partial charge in [-0.1, -0.05) is 36.8 Å². The fourth-order valence-electron chi connectivity index (χ4n) is 4.55. The van der Waals surface area contributed by atoms with Gasteiger partial charge in [0.05, 0.1) is 34.2 Å². The summed E-state index contributed by atoms with van der Waals surface area (Å²) in [6.07, 6.45) is 1.31. The number of fused-ring (bicyclic) bond motifs is 1. The first-order valence-corrected chi connectivity index (χ1v) is 12.8. The van der Waals surface area contributed by atoms with Gasteiger partial charge in [-0.25, -0.2) is 14.6 Å². The van der Waals surface area contributed by atoms with Crippen LogP contribution in [0.2, 0.25) is 0 Å². The average Bonchev–Trinajstić information content (AvgIpc) is 3.34. The van der Waals surface area contributed by atoms with Crippen LogP contribution >= 0.6 is 11.3 Å². The highest BCUT2D eigenvalue weighted by molar-refractivity contribution is 7.16. The average molecular weight is 548 g/mol. The number of benzene rings is 2. The van der Waals surface area contributed by atoms with Crippen LogP contribution in [0.25, 0.3) is 32.3 Å². The van der Waals surface area contributed by atoms with E-state index in [4.69, 9.17) is 11.7 Å². The van der Waals surface area contributed by atoms with Crippen molar-refractivity contribution in [3.05, 3.63) is 100 Å². The Hall–Kier alpha value is -4.49. The van der Waals surface area contributed by atoms with Crippen molar-refractivity contribution in [2.24, 2.45) is 5.92 Å². The number of alkyl halides is 3. The smallest absolute Gasteiger partial charge is 0.478 e. The Morgan fingerprint density at radius 1 is 1.10 bits per heavy atom. The summed E-state index contributed by atoms with van der Waals surface area (Å²) < 4.78 is 43.6. The van der Waals surface area contributed by atoms with Crippen LogP contribution in [0.4, 0.5) is 18.9 Å². The molecule has 1 fully saturated rings. The summed E-state index contributed by atoms with van der Waals surface area (Å²) >= 11 is 1.51. The molecule has 6 nitrogen and oxygen atoms in total. The summed E-state index contributed by atoms with van der Waals surface area (Å²) in [5.74, 6) is -1.57. The number of aromatic nitrogens is 2. The van der Waals surface area contributed by atoms with Crippen molar-refractivity contribution in [1.82, 2.24) is 9.97 Å². The molecular formula is C29H20F3N3O3S. The number of ether oxygens (including phenoxy) is 1. The highest BCUT2D eigenvalue weighted by Gasteiger charge is 2.33. The zero-order valence-corrected chi connectivity index (χ0v) is 21.1. The molecule has 0 radical (unpaired) electrons. The van der Waals surface area contributed by atoms with Crippen LogP contribution in [0.3, 0.4) is 0 Å². The fraction of sp³-hybridized carbons (Fsp3) is 0.172. The first-order chi connectivity index (χ1) is 18.7. The summed E-state index contributed by atoms with van der Waals surface area (Å²) in [5, 5.41) is 8.96. The quantitative estimate of drug-likeness (QED) is 0.187. The van der Waals surface area contributed by atoms with Crippen molar-refractivity contribution in [2.45, 2.75) is 25.6 Å². The number of carboxylic acid groups (broad SMARTS) is 1. The van der Waals surface area contributed by atoms with Crippen molar-refractivity contribution in [3.63, 3.8) is 0 Å². The first kappa shape index (κ1) is 26.1. The first-order valence-electron chi connectivity index (χ1n) is 11.9. The van der Waals surface area contributed by atoms with Gasteiger partial charge in [-0.2, -0.15) is 0 Å². The van der Waals surface area contributed by atoms with Crippen LogP contribution in [0.15, 0.2) is 66.3 Å². The standard InChI is InChI=1S/C29H20F3N3O3S/c1-33-23-14-21(38-29(30,31)32)15-34-28(23)27(18-3-2-4-18)26(20-10-11-24-22(13-20)35-16-39-24)19-8-5-17(6-9-19)7-12-25(36)37/h5-16,18H,2-4H2,(H,36,37)/b12-7+,27-26+. The maximum Gasteiger partial charge on any atom is 0.573 e. The lowest BCUT2D eigenvalue weighted by molar-refractivity contribution is -0.274. The van der Waals surface area contributed by atoms with E-state index in [1.54, 1.807) is 17.6 Å². The van der Waals surface area contributed by atoms with Gasteiger partial charge >= 0.3 is 12.3 Å². The predicted molar refractivity (Wildman–Crippen MR) is 143 cm³/mol. The molecule has 1 saturated carbocycles. The summed E-state index contributed by atoms with van der Waals surface area (Å²) in [5.41, 5.74) is 6.72. The third kappa shape index (κ3) is 5.84. The Kier molecular flexibility index (Phi) is 7.17. The number of allylic oxidation sites excluding steroid dienone is 1. The van der Waals surface area contributed by atoms with Crippen molar-refractivity contribution < 1.29 is 27.8 Å². The lowest BCUT2D eigenvalue weighted by atomic mass is 9.74. The maximum absolute atomic E-state index is 12.9. The van der Waals surface area contributed by atoms with Gasteiger partial charge < -0.3 is 9.84 Å². The largest absolute Gasteiger partial charge is 0.573 e. The lowest BCUT2D eigenvalue weighted by Gasteiger charge is -2.31. The number of rotatable bonds is 7. The van der Waals surface area contributed by atoms with Crippen molar-refractivity contribution >= 4 is 50.4 Å². The van der Waals surface area contributed by atoms with E-state index < -0.39 is 18.1 Å². The van der Waals surface area contributed by atoms with Gasteiger partial charge in [-0.05, 0) is 70.9 Å². The molecule has 4 aromatic rings. The van der Waals surface area contributed by atoms with Gasteiger partial charge in [0.15, 0.2) is 0 Å². The second kappa shape index (κ2) is 10.7. The Bertz CT molecular complexity index is 1650. The molecule has 0 aliphatic heterocycles. The van der Waals surface area contributed by atoms with E-state index in [9.17, 15) is 18.0 Å². The van der Waals surface area contributed by atoms with Gasteiger partial charge in [0, 0.05) is 6.08 Å². The monoisotopic (exact) mass is 547 g/mol. The van der Waals surface area contributed by atoms with Crippen molar-refractivity contribution in [1.29, 1.82) is 0 Å². The Labute approximate surface area is 225 Å². The van der Waals surface area contributed by atoms with E-state index >= 15 is 0 Å². The Morgan fingerprint density at radius 2 is 1.85 bits per heavy atom. The second-order valence-corrected chi connectivity index (χ2v) is 9.83. The number of carboxylic acids is 1. The number of halogens is 3. The molecule has 0 amide bonds. The number of hydrogen-bond acceptors (Lipinski definition) is 5. The summed E-state index contributed by atoms with van der Waals surface area (Å²) in [6.45, 7) is 7.73. The molecular weight excluding hydrogens is 527 g/mol. The molecule has 10 heteroatoms. The maximum atomic E-state index is 12.9. The van der Waals surface area contributed by atoms with E-state index in [2.05, 4.69) is 19.5 Å². The highest BCUT2D eigenvalue weighted by Crippen LogP contribution is 2.47. The molecule has 2 heterocycles. The van der Waals surface area contributed by atoms with Gasteiger partial charge in [-0.3, -0.25) is 4.98 Å². The molecule has 0 atom stereocenters. The van der Waals surface area contributed by atoms with E-state index in [1.807, 2.05) is 30.3 Å². The minimum absolute atomic E-state index is 0.0353. The van der Waals surface area contributed by atoms with Crippen LogP contribution in [-0.4, -0.2) is 27.4 Å². The molecule has 1 N–H and O–H groups in total. The molecule has 1 aliphatic rings. The molecule has 0 bridgehead atoms. The third-order valence-corrected chi connectivity index (χ3v) is 7.28. The normalized spacial score (nSPS) is 14.6. The number of thiazole rings is 1. The van der Waals surface area contributed by atoms with E-state index in [-0.39, 0.29) is 11.6 Å². The minimum Gasteiger partial charge on any atom is -0.478 e. The predicted octanol–water partition coefficient (Wildman–Crippen LogP) is 8.00. The van der Waals surface area contributed by atoms with Crippen LogP contribution in [0.5, 0.6) is 5.75 Å². The number of hydrogen-bond donors (Lipinski definition) is 1. The second-order valence-electron chi connectivity index (χ2n) is 8.94. The molecule has 196 valence electrons. The third-order valence-electron chi connectivity index (χ3n) is 6.47. The Balaban J connectivity index is 1.74. The molecule has 5 rings (SSSR count). The molecule has 0 unspecified atom stereocenters. The van der Waals surface area contributed by atoms with Crippen molar-refractivity contribution in [3.8, 4) is 5.75 Å². The fourth-order valence-corrected chi connectivity index (χ4v) is 5.21. The SMILES string of the molecule is [C-]#[N+]c1cc(OC(F)(F)F)cnc1/C(=C(\c1ccc(/C=C/C(=O)O)cc1)c1ccc2scnc2c1)C1CCC1. The Morgan fingerprint density at radius 3 is 2.49 bits per heavy atom. The summed E-state index contributed by atoms with van der Waals surface area (Å²) in [7, 11) is 0. The minimum atomic E-state index is -4.90. The number of pyridine rings is 1. The van der Waals surface area contributed by atoms with Gasteiger partial charge in [0.1, 0.15) is 5.75 Å². The molecule has 1 aliphatic carbocycles. The molecule has 2 aromatic heterocycles. The van der Waals surface area contributed by atoms with Crippen LogP contribution in [-0.2, 0) is 4.79 Å². The topological polar surface area (TPSA) is 76.7 Å². The van der Waals surface area contributed by atoms with Crippen LogP contribution < -0.4 is 4.74 Å². The highest BCUT2D eigenvalue weighted by atomic mass is 32.1. The summed E-state index contributed by atoms with van der Waals surface area (Å²) in [6, 6.07) is 14.3. The molecule has 0 spiro atoms.